The molecule has 4 nitrogen and oxygen atoms in total. The zero-order chi connectivity index (χ0) is 17.4. The van der Waals surface area contributed by atoms with Gasteiger partial charge < -0.3 is 5.11 Å². The van der Waals surface area contributed by atoms with E-state index < -0.39 is 10.0 Å². The molecule has 1 aromatic rings. The molecule has 0 spiro atoms. The lowest BCUT2D eigenvalue weighted by Crippen LogP contribution is -2.59. The second kappa shape index (κ2) is 6.77. The van der Waals surface area contributed by atoms with Crippen molar-refractivity contribution in [2.24, 2.45) is 17.3 Å². The highest BCUT2D eigenvalue weighted by molar-refractivity contribution is 7.89. The molecule has 2 N–H and O–H groups in total. The van der Waals surface area contributed by atoms with E-state index in [1.807, 2.05) is 12.1 Å². The van der Waals surface area contributed by atoms with Crippen LogP contribution >= 0.6 is 0 Å². The van der Waals surface area contributed by atoms with Crippen molar-refractivity contribution < 1.29 is 13.5 Å². The van der Waals surface area contributed by atoms with E-state index in [1.54, 1.807) is 12.1 Å². The average molecular weight is 352 g/mol. The first-order chi connectivity index (χ1) is 11.3. The van der Waals surface area contributed by atoms with Gasteiger partial charge >= 0.3 is 0 Å². The molecule has 0 heterocycles. The predicted molar refractivity (Wildman–Crippen MR) is 95.2 cm³/mol. The minimum Gasteiger partial charge on any atom is -0.396 e. The van der Waals surface area contributed by atoms with E-state index in [0.717, 1.165) is 50.0 Å². The van der Waals surface area contributed by atoms with Crippen LogP contribution in [0.1, 0.15) is 51.5 Å². The molecular formula is C19H29NO3S. The number of unbranched alkanes of at least 4 members (excludes halogenated alkanes) is 1. The van der Waals surface area contributed by atoms with Crippen LogP contribution in [-0.4, -0.2) is 26.2 Å². The maximum Gasteiger partial charge on any atom is 0.240 e. The minimum absolute atomic E-state index is 0.0687. The first-order valence-corrected chi connectivity index (χ1v) is 10.5. The van der Waals surface area contributed by atoms with Crippen LogP contribution < -0.4 is 4.72 Å². The Morgan fingerprint density at radius 3 is 2.46 bits per heavy atom. The molecule has 134 valence electrons. The molecule has 2 bridgehead atoms. The summed E-state index contributed by atoms with van der Waals surface area (Å²) in [7, 11) is -3.45. The molecule has 4 rings (SSSR count). The number of fused-ring (bicyclic) bond motifs is 2. The number of sulfonamides is 1. The third-order valence-corrected chi connectivity index (χ3v) is 7.78. The fourth-order valence-electron chi connectivity index (χ4n) is 4.50. The number of aliphatic hydroxyl groups excluding tert-OH is 1. The molecule has 3 fully saturated rings. The van der Waals surface area contributed by atoms with Crippen LogP contribution in [0, 0.1) is 17.3 Å². The highest BCUT2D eigenvalue weighted by Gasteiger charge is 2.54. The maximum atomic E-state index is 12.7. The Morgan fingerprint density at radius 2 is 1.88 bits per heavy atom. The van der Waals surface area contributed by atoms with Gasteiger partial charge in [-0.05, 0) is 73.5 Å². The Balaban J connectivity index is 1.65. The van der Waals surface area contributed by atoms with Crippen LogP contribution in [0.15, 0.2) is 29.2 Å². The van der Waals surface area contributed by atoms with Crippen molar-refractivity contribution in [2.75, 3.05) is 6.61 Å². The first kappa shape index (κ1) is 17.9. The van der Waals surface area contributed by atoms with E-state index in [9.17, 15) is 8.42 Å². The molecule has 24 heavy (non-hydrogen) atoms. The summed E-state index contributed by atoms with van der Waals surface area (Å²) in [5.41, 5.74) is 1.38. The molecule has 0 aliphatic heterocycles. The van der Waals surface area contributed by atoms with Gasteiger partial charge in [0.25, 0.3) is 0 Å². The molecule has 3 atom stereocenters. The molecule has 0 radical (unpaired) electrons. The van der Waals surface area contributed by atoms with Crippen molar-refractivity contribution in [1.29, 1.82) is 0 Å². The second-order valence-corrected chi connectivity index (χ2v) is 9.70. The van der Waals surface area contributed by atoms with Crippen LogP contribution in [0.2, 0.25) is 0 Å². The van der Waals surface area contributed by atoms with Crippen molar-refractivity contribution in [3.8, 4) is 0 Å². The van der Waals surface area contributed by atoms with Crippen LogP contribution in [0.25, 0.3) is 0 Å². The first-order valence-electron chi connectivity index (χ1n) is 9.07. The summed E-state index contributed by atoms with van der Waals surface area (Å²) in [6.07, 6.45) is 5.80. The molecule has 3 unspecified atom stereocenters. The minimum atomic E-state index is -3.45. The van der Waals surface area contributed by atoms with Crippen molar-refractivity contribution in [3.05, 3.63) is 29.8 Å². The van der Waals surface area contributed by atoms with Gasteiger partial charge in [-0.3, -0.25) is 0 Å². The lowest BCUT2D eigenvalue weighted by molar-refractivity contribution is -0.0816. The lowest BCUT2D eigenvalue weighted by atomic mass is 9.47. The summed E-state index contributed by atoms with van der Waals surface area (Å²) in [5.74, 6) is 1.23. The summed E-state index contributed by atoms with van der Waals surface area (Å²) in [5, 5.41) is 8.82. The van der Waals surface area contributed by atoms with Gasteiger partial charge in [0.15, 0.2) is 0 Å². The number of aliphatic hydroxyl groups is 1. The number of nitrogens with one attached hydrogen (secondary N) is 1. The van der Waals surface area contributed by atoms with E-state index in [2.05, 4.69) is 18.6 Å². The number of hydrogen-bond donors (Lipinski definition) is 2. The summed E-state index contributed by atoms with van der Waals surface area (Å²) in [6, 6.07) is 7.24. The molecule has 1 aromatic carbocycles. The summed E-state index contributed by atoms with van der Waals surface area (Å²) in [6.45, 7) is 4.75. The molecular weight excluding hydrogens is 322 g/mol. The largest absolute Gasteiger partial charge is 0.396 e. The van der Waals surface area contributed by atoms with Gasteiger partial charge in [0.2, 0.25) is 10.0 Å². The third-order valence-electron chi connectivity index (χ3n) is 6.27. The van der Waals surface area contributed by atoms with Crippen LogP contribution in [0.5, 0.6) is 0 Å². The zero-order valence-electron chi connectivity index (χ0n) is 14.7. The average Bonchev–Trinajstić information content (AvgIpc) is 2.55. The molecule has 0 amide bonds. The van der Waals surface area contributed by atoms with Crippen LogP contribution in [0.4, 0.5) is 0 Å². The summed E-state index contributed by atoms with van der Waals surface area (Å²) < 4.78 is 28.4. The highest BCUT2D eigenvalue weighted by atomic mass is 32.2. The summed E-state index contributed by atoms with van der Waals surface area (Å²) in [4.78, 5) is 0.354. The lowest BCUT2D eigenvalue weighted by Gasteiger charge is -2.60. The summed E-state index contributed by atoms with van der Waals surface area (Å²) >= 11 is 0. The third kappa shape index (κ3) is 3.39. The van der Waals surface area contributed by atoms with Crippen LogP contribution in [-0.2, 0) is 16.4 Å². The fourth-order valence-corrected chi connectivity index (χ4v) is 5.81. The SMILES string of the molecule is CC1(C)C2CCC(NS(=O)(=O)c3ccc(CCCCO)cc3)C1C2. The highest BCUT2D eigenvalue weighted by Crippen LogP contribution is 2.59. The van der Waals surface area contributed by atoms with E-state index in [1.165, 1.54) is 0 Å². The molecule has 5 heteroatoms. The Kier molecular flexibility index (Phi) is 5.05. The van der Waals surface area contributed by atoms with E-state index in [-0.39, 0.29) is 18.1 Å². The second-order valence-electron chi connectivity index (χ2n) is 7.99. The Hall–Kier alpha value is -0.910. The molecule has 3 aliphatic carbocycles. The topological polar surface area (TPSA) is 66.4 Å². The zero-order valence-corrected chi connectivity index (χ0v) is 15.5. The van der Waals surface area contributed by atoms with Gasteiger partial charge in [0, 0.05) is 12.6 Å². The Labute approximate surface area is 145 Å². The van der Waals surface area contributed by atoms with Gasteiger partial charge in [0.05, 0.1) is 4.90 Å². The van der Waals surface area contributed by atoms with Crippen molar-refractivity contribution in [2.45, 2.75) is 63.3 Å². The van der Waals surface area contributed by atoms with Crippen molar-refractivity contribution >= 4 is 10.0 Å². The van der Waals surface area contributed by atoms with Crippen LogP contribution in [0.3, 0.4) is 0 Å². The van der Waals surface area contributed by atoms with E-state index >= 15 is 0 Å². The number of aryl methyl sites for hydroxylation is 1. The number of rotatable bonds is 7. The normalized spacial score (nSPS) is 28.4. The van der Waals surface area contributed by atoms with Gasteiger partial charge in [-0.1, -0.05) is 26.0 Å². The number of benzene rings is 1. The molecule has 3 aliphatic rings. The predicted octanol–water partition coefficient (Wildman–Crippen LogP) is 3.10. The standard InChI is InChI=1S/C19H29NO3S/c1-19(2)15-8-11-18(17(19)13-15)20-24(22,23)16-9-6-14(7-10-16)5-3-4-12-21/h6-7,9-10,15,17-18,20-21H,3-5,8,11-13H2,1-2H3. The van der Waals surface area contributed by atoms with Gasteiger partial charge in [-0.25, -0.2) is 13.1 Å². The van der Waals surface area contributed by atoms with Crippen molar-refractivity contribution in [1.82, 2.24) is 4.72 Å². The smallest absolute Gasteiger partial charge is 0.240 e. The Bertz CT molecular complexity index is 664. The monoisotopic (exact) mass is 351 g/mol. The fraction of sp³-hybridized carbons (Fsp3) is 0.684. The van der Waals surface area contributed by atoms with E-state index in [0.29, 0.717) is 10.8 Å². The number of hydrogen-bond acceptors (Lipinski definition) is 3. The van der Waals surface area contributed by atoms with Gasteiger partial charge in [-0.15, -0.1) is 0 Å². The maximum absolute atomic E-state index is 12.7. The quantitative estimate of drug-likeness (QED) is 0.742. The molecule has 0 aromatic heterocycles. The van der Waals surface area contributed by atoms with Crippen molar-refractivity contribution in [3.63, 3.8) is 0 Å². The van der Waals surface area contributed by atoms with E-state index in [4.69, 9.17) is 5.11 Å². The van der Waals surface area contributed by atoms with Gasteiger partial charge in [0.1, 0.15) is 0 Å². The Morgan fingerprint density at radius 1 is 1.17 bits per heavy atom. The molecule has 0 saturated heterocycles. The molecule has 3 saturated carbocycles. The van der Waals surface area contributed by atoms with Gasteiger partial charge in [-0.2, -0.15) is 0 Å².